The average Bonchev–Trinajstić information content (AvgIpc) is 2.70. The van der Waals surface area contributed by atoms with E-state index < -0.39 is 29.8 Å². The smallest absolute Gasteiger partial charge is 0.416 e. The Morgan fingerprint density at radius 1 is 1.10 bits per heavy atom. The first-order chi connectivity index (χ1) is 14.6. The Morgan fingerprint density at radius 2 is 1.84 bits per heavy atom. The van der Waals surface area contributed by atoms with Gasteiger partial charge >= 0.3 is 6.18 Å². The van der Waals surface area contributed by atoms with Gasteiger partial charge in [-0.3, -0.25) is 9.59 Å². The zero-order valence-corrected chi connectivity index (χ0v) is 17.1. The van der Waals surface area contributed by atoms with Gasteiger partial charge in [-0.2, -0.15) is 18.3 Å². The summed E-state index contributed by atoms with van der Waals surface area (Å²) >= 11 is 0. The summed E-state index contributed by atoms with van der Waals surface area (Å²) in [5.41, 5.74) is 1.67. The molecule has 31 heavy (non-hydrogen) atoms. The molecule has 0 saturated heterocycles. The third-order valence-corrected chi connectivity index (χ3v) is 4.63. The monoisotopic (exact) mass is 431 g/mol. The van der Waals surface area contributed by atoms with Gasteiger partial charge in [0.2, 0.25) is 5.91 Å². The molecule has 0 radical (unpaired) electrons. The highest BCUT2D eigenvalue weighted by molar-refractivity contribution is 5.92. The molecule has 1 heterocycles. The van der Waals surface area contributed by atoms with E-state index >= 15 is 0 Å². The number of hydrogen-bond acceptors (Lipinski definition) is 4. The molecule has 0 aliphatic rings. The van der Waals surface area contributed by atoms with Crippen LogP contribution < -0.4 is 15.6 Å². The average molecular weight is 431 g/mol. The van der Waals surface area contributed by atoms with Crippen LogP contribution in [0.2, 0.25) is 0 Å². The fraction of sp³-hybridized carbons (Fsp3) is 0.227. The van der Waals surface area contributed by atoms with Gasteiger partial charge in [0.1, 0.15) is 12.3 Å². The van der Waals surface area contributed by atoms with Crippen molar-refractivity contribution in [3.8, 4) is 17.0 Å². The van der Waals surface area contributed by atoms with Crippen LogP contribution in [0.4, 0.5) is 18.9 Å². The van der Waals surface area contributed by atoms with Gasteiger partial charge in [-0.1, -0.05) is 17.7 Å². The highest BCUT2D eigenvalue weighted by atomic mass is 19.4. The SMILES string of the molecule is COc1ccc(C(F)(F)F)cc1NC(=O)Cn1nc(-c2cc(C)ccc2C)ccc1=O. The van der Waals surface area contributed by atoms with Gasteiger partial charge in [-0.25, -0.2) is 4.68 Å². The third-order valence-electron chi connectivity index (χ3n) is 4.63. The number of hydrogen-bond donors (Lipinski definition) is 1. The molecule has 1 amide bonds. The molecular formula is C22H20F3N3O3. The maximum Gasteiger partial charge on any atom is 0.416 e. The summed E-state index contributed by atoms with van der Waals surface area (Å²) in [5, 5.41) is 6.62. The van der Waals surface area contributed by atoms with Crippen molar-refractivity contribution in [2.24, 2.45) is 0 Å². The highest BCUT2D eigenvalue weighted by Gasteiger charge is 2.31. The zero-order valence-electron chi connectivity index (χ0n) is 17.1. The van der Waals surface area contributed by atoms with Gasteiger partial charge in [0.05, 0.1) is 24.1 Å². The molecule has 0 spiro atoms. The summed E-state index contributed by atoms with van der Waals surface area (Å²) in [6.07, 6.45) is -4.58. The lowest BCUT2D eigenvalue weighted by molar-refractivity contribution is -0.137. The van der Waals surface area contributed by atoms with Crippen molar-refractivity contribution in [1.29, 1.82) is 0 Å². The molecule has 0 aliphatic heterocycles. The van der Waals surface area contributed by atoms with Crippen LogP contribution in [-0.4, -0.2) is 22.8 Å². The molecule has 162 valence electrons. The van der Waals surface area contributed by atoms with E-state index in [-0.39, 0.29) is 11.4 Å². The number of benzene rings is 2. The Hall–Kier alpha value is -3.62. The van der Waals surface area contributed by atoms with Crippen molar-refractivity contribution < 1.29 is 22.7 Å². The second-order valence-electron chi connectivity index (χ2n) is 6.99. The van der Waals surface area contributed by atoms with Gasteiger partial charge < -0.3 is 10.1 Å². The molecule has 0 aliphatic carbocycles. The minimum absolute atomic E-state index is 0.0609. The van der Waals surface area contributed by atoms with Crippen LogP contribution in [0, 0.1) is 13.8 Å². The lowest BCUT2D eigenvalue weighted by Gasteiger charge is -2.14. The molecule has 0 atom stereocenters. The summed E-state index contributed by atoms with van der Waals surface area (Å²) in [6, 6.07) is 11.4. The molecule has 3 rings (SSSR count). The van der Waals surface area contributed by atoms with E-state index in [1.165, 1.54) is 13.2 Å². The third kappa shape index (κ3) is 5.11. The van der Waals surface area contributed by atoms with Crippen molar-refractivity contribution in [3.63, 3.8) is 0 Å². The molecule has 0 bridgehead atoms. The fourth-order valence-corrected chi connectivity index (χ4v) is 3.03. The fourth-order valence-electron chi connectivity index (χ4n) is 3.03. The maximum absolute atomic E-state index is 13.0. The number of ether oxygens (including phenoxy) is 1. The molecule has 3 aromatic rings. The molecule has 9 heteroatoms. The van der Waals surface area contributed by atoms with Crippen LogP contribution in [0.5, 0.6) is 5.75 Å². The second kappa shape index (κ2) is 8.63. The summed E-state index contributed by atoms with van der Waals surface area (Å²) in [5.74, 6) is -0.656. The molecule has 0 unspecified atom stereocenters. The van der Waals surface area contributed by atoms with E-state index in [4.69, 9.17) is 4.74 Å². The quantitative estimate of drug-likeness (QED) is 0.658. The number of amides is 1. The van der Waals surface area contributed by atoms with E-state index in [9.17, 15) is 22.8 Å². The summed E-state index contributed by atoms with van der Waals surface area (Å²) in [6.45, 7) is 3.35. The number of aryl methyl sites for hydroxylation is 2. The van der Waals surface area contributed by atoms with E-state index in [0.29, 0.717) is 5.69 Å². The van der Waals surface area contributed by atoms with E-state index in [2.05, 4.69) is 10.4 Å². The van der Waals surface area contributed by atoms with Crippen LogP contribution >= 0.6 is 0 Å². The number of methoxy groups -OCH3 is 1. The van der Waals surface area contributed by atoms with Crippen LogP contribution in [-0.2, 0) is 17.5 Å². The minimum Gasteiger partial charge on any atom is -0.495 e. The predicted molar refractivity (Wildman–Crippen MR) is 110 cm³/mol. The summed E-state index contributed by atoms with van der Waals surface area (Å²) in [4.78, 5) is 24.7. The van der Waals surface area contributed by atoms with Crippen molar-refractivity contribution in [2.45, 2.75) is 26.6 Å². The van der Waals surface area contributed by atoms with Crippen molar-refractivity contribution in [3.05, 3.63) is 75.6 Å². The van der Waals surface area contributed by atoms with Crippen molar-refractivity contribution in [2.75, 3.05) is 12.4 Å². The maximum atomic E-state index is 13.0. The van der Waals surface area contributed by atoms with Crippen LogP contribution in [0.25, 0.3) is 11.3 Å². The molecule has 0 saturated carbocycles. The second-order valence-corrected chi connectivity index (χ2v) is 6.99. The Kier molecular flexibility index (Phi) is 6.14. The Balaban J connectivity index is 1.88. The molecule has 6 nitrogen and oxygen atoms in total. The standard InChI is InChI=1S/C22H20F3N3O3/c1-13-4-5-14(2)16(10-13)17-7-9-21(30)28(27-17)12-20(29)26-18-11-15(22(23,24)25)6-8-19(18)31-3/h4-11H,12H2,1-3H3,(H,26,29). The number of aromatic nitrogens is 2. The zero-order chi connectivity index (χ0) is 22.8. The number of carbonyl (C=O) groups is 1. The largest absolute Gasteiger partial charge is 0.495 e. The summed E-state index contributed by atoms with van der Waals surface area (Å²) in [7, 11) is 1.28. The predicted octanol–water partition coefficient (Wildman–Crippen LogP) is 4.19. The van der Waals surface area contributed by atoms with Gasteiger partial charge in [-0.05, 0) is 49.7 Å². The van der Waals surface area contributed by atoms with E-state index in [0.717, 1.165) is 39.6 Å². The molecule has 2 aromatic carbocycles. The number of nitrogens with one attached hydrogen (secondary N) is 1. The topological polar surface area (TPSA) is 73.2 Å². The number of alkyl halides is 3. The number of carbonyl (C=O) groups excluding carboxylic acids is 1. The van der Waals surface area contributed by atoms with Gasteiger partial charge in [0.25, 0.3) is 5.56 Å². The highest BCUT2D eigenvalue weighted by Crippen LogP contribution is 2.34. The number of rotatable bonds is 5. The van der Waals surface area contributed by atoms with Crippen LogP contribution in [0.1, 0.15) is 16.7 Å². The van der Waals surface area contributed by atoms with Crippen molar-refractivity contribution in [1.82, 2.24) is 9.78 Å². The lowest BCUT2D eigenvalue weighted by Crippen LogP contribution is -2.29. The van der Waals surface area contributed by atoms with Crippen LogP contribution in [0.3, 0.4) is 0 Å². The number of anilines is 1. The first-order valence-corrected chi connectivity index (χ1v) is 9.29. The molecule has 1 N–H and O–H groups in total. The van der Waals surface area contributed by atoms with Gasteiger partial charge in [-0.15, -0.1) is 0 Å². The molecule has 1 aromatic heterocycles. The lowest BCUT2D eigenvalue weighted by atomic mass is 10.0. The van der Waals surface area contributed by atoms with Gasteiger partial charge in [0, 0.05) is 11.6 Å². The first-order valence-electron chi connectivity index (χ1n) is 9.29. The molecular weight excluding hydrogens is 411 g/mol. The minimum atomic E-state index is -4.58. The van der Waals surface area contributed by atoms with E-state index in [1.807, 2.05) is 32.0 Å². The van der Waals surface area contributed by atoms with Crippen LogP contribution in [0.15, 0.2) is 53.3 Å². The normalized spacial score (nSPS) is 11.3. The van der Waals surface area contributed by atoms with E-state index in [1.54, 1.807) is 6.07 Å². The first kappa shape index (κ1) is 22.1. The number of nitrogens with zero attached hydrogens (tertiary/aromatic N) is 2. The van der Waals surface area contributed by atoms with Crippen molar-refractivity contribution >= 4 is 11.6 Å². The summed E-state index contributed by atoms with van der Waals surface area (Å²) < 4.78 is 45.0. The molecule has 0 fully saturated rings. The number of halogens is 3. The Bertz CT molecular complexity index is 1190. The Labute approximate surface area is 176 Å². The van der Waals surface area contributed by atoms with Gasteiger partial charge in [0.15, 0.2) is 0 Å². The Morgan fingerprint density at radius 3 is 2.52 bits per heavy atom.